The standard InChI is InChI=1S/C6H5N5O2S/c12-5(10-13)4-8-6-7-2-1-3(14)11(6)9-4/h1-2,13H,(H,10,12)(H,7,8,9). The van der Waals surface area contributed by atoms with Crippen LogP contribution in [0.1, 0.15) is 10.6 Å². The van der Waals surface area contributed by atoms with Gasteiger partial charge in [0.05, 0.1) is 0 Å². The van der Waals surface area contributed by atoms with Crippen molar-refractivity contribution in [3.8, 4) is 0 Å². The number of carbonyl (C=O) groups excluding carboxylic acids is 1. The summed E-state index contributed by atoms with van der Waals surface area (Å²) in [6.07, 6.45) is 1.49. The van der Waals surface area contributed by atoms with Crippen LogP contribution in [0.25, 0.3) is 5.78 Å². The SMILES string of the molecule is O=C(NO)c1nc2nccc(=S)n2[nH]1. The van der Waals surface area contributed by atoms with E-state index < -0.39 is 5.91 Å². The highest BCUT2D eigenvalue weighted by atomic mass is 32.1. The fourth-order valence-corrected chi connectivity index (χ4v) is 1.16. The Morgan fingerprint density at radius 3 is 3.14 bits per heavy atom. The van der Waals surface area contributed by atoms with Gasteiger partial charge in [-0.1, -0.05) is 12.2 Å². The molecule has 0 atom stereocenters. The first kappa shape index (κ1) is 8.78. The van der Waals surface area contributed by atoms with Crippen molar-refractivity contribution < 1.29 is 10.0 Å². The second-order valence-electron chi connectivity index (χ2n) is 2.43. The fraction of sp³-hybridized carbons (Fsp3) is 0. The van der Waals surface area contributed by atoms with Crippen molar-refractivity contribution >= 4 is 23.9 Å². The number of nitrogens with one attached hydrogen (secondary N) is 2. The first-order valence-corrected chi connectivity index (χ1v) is 4.01. The van der Waals surface area contributed by atoms with Crippen LogP contribution in [0.4, 0.5) is 0 Å². The van der Waals surface area contributed by atoms with E-state index in [1.807, 2.05) is 0 Å². The number of rotatable bonds is 1. The summed E-state index contributed by atoms with van der Waals surface area (Å²) in [7, 11) is 0. The lowest BCUT2D eigenvalue weighted by molar-refractivity contribution is 0.0695. The van der Waals surface area contributed by atoms with Gasteiger partial charge >= 0.3 is 5.91 Å². The Morgan fingerprint density at radius 1 is 1.71 bits per heavy atom. The molecule has 0 bridgehead atoms. The Labute approximate surface area is 82.4 Å². The molecule has 0 aliphatic heterocycles. The van der Waals surface area contributed by atoms with E-state index in [4.69, 9.17) is 17.4 Å². The maximum atomic E-state index is 11.0. The molecule has 3 N–H and O–H groups in total. The average molecular weight is 211 g/mol. The van der Waals surface area contributed by atoms with Crippen molar-refractivity contribution in [1.82, 2.24) is 25.1 Å². The van der Waals surface area contributed by atoms with E-state index in [0.717, 1.165) is 0 Å². The van der Waals surface area contributed by atoms with Crippen LogP contribution < -0.4 is 5.48 Å². The van der Waals surface area contributed by atoms with Gasteiger partial charge in [-0.25, -0.2) is 15.0 Å². The number of hydrogen-bond acceptors (Lipinski definition) is 5. The van der Waals surface area contributed by atoms with Crippen LogP contribution in [0.2, 0.25) is 0 Å². The highest BCUT2D eigenvalue weighted by Crippen LogP contribution is 1.98. The molecule has 0 saturated heterocycles. The average Bonchev–Trinajstić information content (AvgIpc) is 2.62. The minimum atomic E-state index is -0.745. The van der Waals surface area contributed by atoms with E-state index >= 15 is 0 Å². The Hall–Kier alpha value is -1.80. The number of hydrogen-bond donors (Lipinski definition) is 3. The Kier molecular flexibility index (Phi) is 1.98. The quantitative estimate of drug-likeness (QED) is 0.348. The van der Waals surface area contributed by atoms with Crippen LogP contribution in [0.5, 0.6) is 0 Å². The van der Waals surface area contributed by atoms with Gasteiger partial charge < -0.3 is 0 Å². The van der Waals surface area contributed by atoms with Crippen LogP contribution in [0.3, 0.4) is 0 Å². The second-order valence-corrected chi connectivity index (χ2v) is 2.85. The van der Waals surface area contributed by atoms with E-state index in [2.05, 4.69) is 15.1 Å². The first-order valence-electron chi connectivity index (χ1n) is 3.60. The predicted molar refractivity (Wildman–Crippen MR) is 47.4 cm³/mol. The van der Waals surface area contributed by atoms with Crippen molar-refractivity contribution in [2.45, 2.75) is 0 Å². The summed E-state index contributed by atoms with van der Waals surface area (Å²) in [5.41, 5.74) is 1.45. The molecule has 7 nitrogen and oxygen atoms in total. The molecule has 72 valence electrons. The maximum absolute atomic E-state index is 11.0. The topological polar surface area (TPSA) is 95.3 Å². The third-order valence-corrected chi connectivity index (χ3v) is 1.89. The first-order chi connectivity index (χ1) is 6.72. The lowest BCUT2D eigenvalue weighted by Crippen LogP contribution is -2.20. The number of H-pyrrole nitrogens is 1. The number of aromatic nitrogens is 4. The van der Waals surface area contributed by atoms with Crippen LogP contribution in [-0.4, -0.2) is 30.7 Å². The van der Waals surface area contributed by atoms with Crippen molar-refractivity contribution in [2.24, 2.45) is 0 Å². The lowest BCUT2D eigenvalue weighted by atomic mass is 10.6. The summed E-state index contributed by atoms with van der Waals surface area (Å²) in [5, 5.41) is 10.9. The van der Waals surface area contributed by atoms with Gasteiger partial charge in [-0.15, -0.1) is 0 Å². The zero-order chi connectivity index (χ0) is 10.1. The van der Waals surface area contributed by atoms with E-state index in [9.17, 15) is 4.79 Å². The molecule has 2 aromatic rings. The number of hydroxylamine groups is 1. The molecule has 8 heteroatoms. The monoisotopic (exact) mass is 211 g/mol. The Balaban J connectivity index is 2.68. The molecule has 0 aliphatic carbocycles. The largest absolute Gasteiger partial charge is 0.311 e. The third-order valence-electron chi connectivity index (χ3n) is 1.57. The van der Waals surface area contributed by atoms with E-state index in [-0.39, 0.29) is 11.6 Å². The van der Waals surface area contributed by atoms with Crippen LogP contribution in [0.15, 0.2) is 12.3 Å². The van der Waals surface area contributed by atoms with Gasteiger partial charge in [-0.2, -0.15) is 4.98 Å². The van der Waals surface area contributed by atoms with Gasteiger partial charge in [0, 0.05) is 6.20 Å². The van der Waals surface area contributed by atoms with Gasteiger partial charge in [0.1, 0.15) is 4.64 Å². The molecule has 0 unspecified atom stereocenters. The number of fused-ring (bicyclic) bond motifs is 1. The number of nitrogens with zero attached hydrogens (tertiary/aromatic N) is 3. The molecule has 0 spiro atoms. The highest BCUT2D eigenvalue weighted by Gasteiger charge is 2.10. The zero-order valence-electron chi connectivity index (χ0n) is 6.76. The lowest BCUT2D eigenvalue weighted by Gasteiger charge is -1.90. The molecule has 14 heavy (non-hydrogen) atoms. The molecular formula is C6H5N5O2S. The van der Waals surface area contributed by atoms with Crippen LogP contribution in [-0.2, 0) is 0 Å². The van der Waals surface area contributed by atoms with Crippen molar-refractivity contribution in [3.63, 3.8) is 0 Å². The van der Waals surface area contributed by atoms with E-state index in [0.29, 0.717) is 4.64 Å². The molecule has 2 heterocycles. The van der Waals surface area contributed by atoms with Gasteiger partial charge in [-0.05, 0) is 6.07 Å². The summed E-state index contributed by atoms with van der Waals surface area (Å²) in [4.78, 5) is 18.6. The normalized spacial score (nSPS) is 10.4. The molecule has 2 rings (SSSR count). The molecule has 0 aliphatic rings. The fourth-order valence-electron chi connectivity index (χ4n) is 0.968. The van der Waals surface area contributed by atoms with Gasteiger partial charge in [0.15, 0.2) is 0 Å². The molecule has 0 aromatic carbocycles. The molecule has 1 amide bonds. The van der Waals surface area contributed by atoms with Gasteiger partial charge in [-0.3, -0.25) is 15.1 Å². The molecule has 0 saturated carbocycles. The predicted octanol–water partition coefficient (Wildman–Crippen LogP) is -0.0941. The smallest absolute Gasteiger partial charge is 0.288 e. The third kappa shape index (κ3) is 1.26. The van der Waals surface area contributed by atoms with Crippen LogP contribution in [0, 0.1) is 4.64 Å². The van der Waals surface area contributed by atoms with Crippen molar-refractivity contribution in [2.75, 3.05) is 0 Å². The summed E-state index contributed by atoms with van der Waals surface area (Å²) in [6.45, 7) is 0. The van der Waals surface area contributed by atoms with Crippen LogP contribution >= 0.6 is 12.2 Å². The molecule has 0 radical (unpaired) electrons. The summed E-state index contributed by atoms with van der Waals surface area (Å²) in [6, 6.07) is 1.58. The summed E-state index contributed by atoms with van der Waals surface area (Å²) < 4.78 is 1.80. The Morgan fingerprint density at radius 2 is 2.50 bits per heavy atom. The number of amides is 1. The van der Waals surface area contributed by atoms with Gasteiger partial charge in [0.25, 0.3) is 5.78 Å². The van der Waals surface area contributed by atoms with Crippen molar-refractivity contribution in [1.29, 1.82) is 0 Å². The Bertz CT molecular complexity index is 544. The summed E-state index contributed by atoms with van der Waals surface area (Å²) >= 11 is 4.95. The van der Waals surface area contributed by atoms with E-state index in [1.54, 1.807) is 6.07 Å². The van der Waals surface area contributed by atoms with Gasteiger partial charge in [0.2, 0.25) is 5.82 Å². The number of aromatic amines is 1. The van der Waals surface area contributed by atoms with E-state index in [1.165, 1.54) is 16.2 Å². The summed E-state index contributed by atoms with van der Waals surface area (Å²) in [5.74, 6) is -0.529. The second kappa shape index (κ2) is 3.16. The minimum absolute atomic E-state index is 0.0581. The zero-order valence-corrected chi connectivity index (χ0v) is 7.58. The highest BCUT2D eigenvalue weighted by molar-refractivity contribution is 7.71. The number of carbonyl (C=O) groups is 1. The maximum Gasteiger partial charge on any atom is 0.311 e. The molecule has 2 aromatic heterocycles. The van der Waals surface area contributed by atoms with Crippen molar-refractivity contribution in [3.05, 3.63) is 22.7 Å². The molecular weight excluding hydrogens is 206 g/mol. The minimum Gasteiger partial charge on any atom is -0.288 e. The molecule has 0 fully saturated rings.